The average Bonchev–Trinajstić information content (AvgIpc) is 2.34. The van der Waals surface area contributed by atoms with E-state index in [1.807, 2.05) is 0 Å². The molecule has 1 rings (SSSR count). The van der Waals surface area contributed by atoms with Crippen molar-refractivity contribution in [3.05, 3.63) is 34.4 Å². The van der Waals surface area contributed by atoms with Gasteiger partial charge in [0.25, 0.3) is 5.69 Å². The van der Waals surface area contributed by atoms with Gasteiger partial charge >= 0.3 is 0 Å². The number of anilines is 1. The van der Waals surface area contributed by atoms with Crippen LogP contribution in [0.5, 0.6) is 0 Å². The first-order chi connectivity index (χ1) is 8.24. The molecule has 0 aromatic heterocycles. The Hall–Kier alpha value is -1.66. The number of nitrogens with one attached hydrogen (secondary N) is 2. The number of hydrogen-bond donors (Lipinski definition) is 2. The van der Waals surface area contributed by atoms with Crippen LogP contribution in [-0.4, -0.2) is 38.3 Å². The molecular weight excluding hydrogens is 222 g/mol. The highest BCUT2D eigenvalue weighted by atomic mass is 16.6. The van der Waals surface area contributed by atoms with E-state index in [2.05, 4.69) is 10.6 Å². The summed E-state index contributed by atoms with van der Waals surface area (Å²) in [5.41, 5.74) is 0.984. The lowest BCUT2D eigenvalue weighted by Crippen LogP contribution is -2.25. The van der Waals surface area contributed by atoms with Crippen LogP contribution >= 0.6 is 0 Å². The van der Waals surface area contributed by atoms with Gasteiger partial charge in [0.05, 0.1) is 11.5 Å². The van der Waals surface area contributed by atoms with E-state index in [0.29, 0.717) is 6.61 Å². The minimum atomic E-state index is -0.407. The van der Waals surface area contributed by atoms with Gasteiger partial charge in [-0.1, -0.05) is 0 Å². The maximum atomic E-state index is 10.4. The molecule has 0 spiro atoms. The molecule has 0 atom stereocenters. The Morgan fingerprint density at radius 1 is 1.24 bits per heavy atom. The summed E-state index contributed by atoms with van der Waals surface area (Å²) >= 11 is 0. The van der Waals surface area contributed by atoms with E-state index in [1.165, 1.54) is 12.1 Å². The van der Waals surface area contributed by atoms with E-state index in [1.54, 1.807) is 19.2 Å². The Labute approximate surface area is 100 Å². The number of nitro benzene ring substituents is 1. The highest BCUT2D eigenvalue weighted by Gasteiger charge is 2.02. The molecule has 0 heterocycles. The quantitative estimate of drug-likeness (QED) is 0.405. The molecule has 0 aliphatic carbocycles. The third-order valence-corrected chi connectivity index (χ3v) is 2.19. The van der Waals surface area contributed by atoms with Crippen LogP contribution < -0.4 is 10.6 Å². The molecule has 94 valence electrons. The minimum absolute atomic E-state index is 0.105. The molecule has 0 radical (unpaired) electrons. The first-order valence-corrected chi connectivity index (χ1v) is 5.42. The number of nitro groups is 1. The predicted octanol–water partition coefficient (Wildman–Crippen LogP) is 1.24. The fraction of sp³-hybridized carbons (Fsp3) is 0.455. The lowest BCUT2D eigenvalue weighted by Gasteiger charge is -2.07. The van der Waals surface area contributed by atoms with E-state index < -0.39 is 4.92 Å². The Morgan fingerprint density at radius 3 is 2.53 bits per heavy atom. The summed E-state index contributed by atoms with van der Waals surface area (Å²) in [6, 6.07) is 6.38. The third kappa shape index (κ3) is 5.28. The molecule has 0 saturated carbocycles. The monoisotopic (exact) mass is 239 g/mol. The van der Waals surface area contributed by atoms with Gasteiger partial charge in [0.15, 0.2) is 0 Å². The number of ether oxygens (including phenoxy) is 1. The van der Waals surface area contributed by atoms with Crippen LogP contribution in [0.3, 0.4) is 0 Å². The van der Waals surface area contributed by atoms with Gasteiger partial charge in [-0.3, -0.25) is 10.1 Å². The highest BCUT2D eigenvalue weighted by molar-refractivity contribution is 5.48. The molecular formula is C11H17N3O3. The largest absolute Gasteiger partial charge is 0.384 e. The molecule has 0 aliphatic rings. The van der Waals surface area contributed by atoms with Gasteiger partial charge in [0.2, 0.25) is 0 Å². The van der Waals surface area contributed by atoms with Gasteiger partial charge in [-0.05, 0) is 12.1 Å². The first kappa shape index (κ1) is 13.4. The minimum Gasteiger partial charge on any atom is -0.384 e. The number of benzene rings is 1. The molecule has 0 fully saturated rings. The van der Waals surface area contributed by atoms with Gasteiger partial charge in [0.1, 0.15) is 0 Å². The van der Waals surface area contributed by atoms with Gasteiger partial charge in [-0.2, -0.15) is 0 Å². The van der Waals surface area contributed by atoms with Gasteiger partial charge in [0, 0.05) is 44.6 Å². The van der Waals surface area contributed by atoms with Crippen molar-refractivity contribution in [1.82, 2.24) is 5.32 Å². The number of methoxy groups -OCH3 is 1. The fourth-order valence-corrected chi connectivity index (χ4v) is 1.30. The van der Waals surface area contributed by atoms with Crippen LogP contribution in [0.4, 0.5) is 11.4 Å². The van der Waals surface area contributed by atoms with Gasteiger partial charge in [-0.15, -0.1) is 0 Å². The van der Waals surface area contributed by atoms with Crippen LogP contribution in [0, 0.1) is 10.1 Å². The van der Waals surface area contributed by atoms with Crippen LogP contribution in [0.25, 0.3) is 0 Å². The average molecular weight is 239 g/mol. The second-order valence-corrected chi connectivity index (χ2v) is 3.47. The van der Waals surface area contributed by atoms with Crippen molar-refractivity contribution in [2.75, 3.05) is 38.7 Å². The van der Waals surface area contributed by atoms with Gasteiger partial charge in [-0.25, -0.2) is 0 Å². The van der Waals surface area contributed by atoms with Crippen LogP contribution in [0.1, 0.15) is 0 Å². The summed E-state index contributed by atoms with van der Waals surface area (Å²) in [6.07, 6.45) is 0. The lowest BCUT2D eigenvalue weighted by molar-refractivity contribution is -0.384. The Balaban J connectivity index is 2.21. The van der Waals surface area contributed by atoms with E-state index in [9.17, 15) is 10.1 Å². The smallest absolute Gasteiger partial charge is 0.269 e. The molecule has 0 amide bonds. The molecule has 0 saturated heterocycles. The zero-order valence-electron chi connectivity index (χ0n) is 9.81. The van der Waals surface area contributed by atoms with Crippen LogP contribution in [0.2, 0.25) is 0 Å². The Kier molecular flexibility index (Phi) is 5.98. The standard InChI is InChI=1S/C11H17N3O3/c1-17-9-8-12-6-7-13-10-2-4-11(5-3-10)14(15)16/h2-5,12-13H,6-9H2,1H3. The first-order valence-electron chi connectivity index (χ1n) is 5.42. The highest BCUT2D eigenvalue weighted by Crippen LogP contribution is 2.14. The molecule has 0 unspecified atom stereocenters. The van der Waals surface area contributed by atoms with Crippen molar-refractivity contribution >= 4 is 11.4 Å². The van der Waals surface area contributed by atoms with E-state index in [0.717, 1.165) is 25.3 Å². The maximum absolute atomic E-state index is 10.4. The normalized spacial score (nSPS) is 10.2. The molecule has 1 aromatic rings. The number of rotatable bonds is 8. The summed E-state index contributed by atoms with van der Waals surface area (Å²) in [7, 11) is 1.66. The topological polar surface area (TPSA) is 76.4 Å². The molecule has 0 aliphatic heterocycles. The van der Waals surface area contributed by atoms with Crippen molar-refractivity contribution in [1.29, 1.82) is 0 Å². The number of hydrogen-bond acceptors (Lipinski definition) is 5. The van der Waals surface area contributed by atoms with Crippen molar-refractivity contribution in [3.63, 3.8) is 0 Å². The van der Waals surface area contributed by atoms with E-state index in [-0.39, 0.29) is 5.69 Å². The zero-order valence-corrected chi connectivity index (χ0v) is 9.81. The SMILES string of the molecule is COCCNCCNc1ccc([N+](=O)[O-])cc1. The van der Waals surface area contributed by atoms with Gasteiger partial charge < -0.3 is 15.4 Å². The number of nitrogens with zero attached hydrogens (tertiary/aromatic N) is 1. The lowest BCUT2D eigenvalue weighted by atomic mass is 10.3. The molecule has 17 heavy (non-hydrogen) atoms. The summed E-state index contributed by atoms with van der Waals surface area (Å²) < 4.78 is 4.90. The summed E-state index contributed by atoms with van der Waals surface area (Å²) in [4.78, 5) is 10.0. The molecule has 6 nitrogen and oxygen atoms in total. The third-order valence-electron chi connectivity index (χ3n) is 2.19. The summed E-state index contributed by atoms with van der Waals surface area (Å²) in [6.45, 7) is 3.10. The summed E-state index contributed by atoms with van der Waals surface area (Å²) in [5.74, 6) is 0. The molecule has 2 N–H and O–H groups in total. The Morgan fingerprint density at radius 2 is 1.94 bits per heavy atom. The van der Waals surface area contributed by atoms with Crippen molar-refractivity contribution < 1.29 is 9.66 Å². The van der Waals surface area contributed by atoms with Crippen LogP contribution in [-0.2, 0) is 4.74 Å². The van der Waals surface area contributed by atoms with E-state index >= 15 is 0 Å². The second kappa shape index (κ2) is 7.59. The molecule has 0 bridgehead atoms. The summed E-state index contributed by atoms with van der Waals surface area (Å²) in [5, 5.41) is 16.8. The fourth-order valence-electron chi connectivity index (χ4n) is 1.30. The number of non-ortho nitro benzene ring substituents is 1. The van der Waals surface area contributed by atoms with E-state index in [4.69, 9.17) is 4.74 Å². The Bertz CT molecular complexity index is 340. The second-order valence-electron chi connectivity index (χ2n) is 3.47. The van der Waals surface area contributed by atoms with Crippen LogP contribution in [0.15, 0.2) is 24.3 Å². The van der Waals surface area contributed by atoms with Crippen molar-refractivity contribution in [3.8, 4) is 0 Å². The van der Waals surface area contributed by atoms with Crippen molar-refractivity contribution in [2.24, 2.45) is 0 Å². The maximum Gasteiger partial charge on any atom is 0.269 e. The molecule has 1 aromatic carbocycles. The van der Waals surface area contributed by atoms with Crippen molar-refractivity contribution in [2.45, 2.75) is 0 Å². The zero-order chi connectivity index (χ0) is 12.5. The predicted molar refractivity (Wildman–Crippen MR) is 66.3 cm³/mol. The molecule has 6 heteroatoms.